The predicted octanol–water partition coefficient (Wildman–Crippen LogP) is 0.846. The number of carbonyl (C=O) groups is 1. The fraction of sp³-hybridized carbons (Fsp3) is 0.889. The Hall–Kier alpha value is -0.770. The molecule has 0 aliphatic carbocycles. The van der Waals surface area contributed by atoms with Crippen molar-refractivity contribution in [2.75, 3.05) is 19.8 Å². The van der Waals surface area contributed by atoms with Gasteiger partial charge in [-0.1, -0.05) is 6.92 Å². The zero-order valence-corrected chi connectivity index (χ0v) is 8.19. The molecular weight excluding hydrogens is 170 g/mol. The van der Waals surface area contributed by atoms with Crippen molar-refractivity contribution in [3.63, 3.8) is 0 Å². The van der Waals surface area contributed by atoms with E-state index in [0.29, 0.717) is 5.92 Å². The third-order valence-corrected chi connectivity index (χ3v) is 2.34. The smallest absolute Gasteiger partial charge is 0.410 e. The summed E-state index contributed by atoms with van der Waals surface area (Å²) in [5, 5.41) is 8.48. The Labute approximate surface area is 78.5 Å². The molecule has 0 aromatic heterocycles. The van der Waals surface area contributed by atoms with Gasteiger partial charge in [0, 0.05) is 12.6 Å². The van der Waals surface area contributed by atoms with Crippen LogP contribution in [-0.4, -0.2) is 41.9 Å². The molecule has 1 amide bonds. The molecule has 1 fully saturated rings. The Morgan fingerprint density at radius 2 is 2.31 bits per heavy atom. The molecule has 1 saturated heterocycles. The highest BCUT2D eigenvalue weighted by Crippen LogP contribution is 2.22. The number of carbonyl (C=O) groups excluding carboxylic acids is 1. The van der Waals surface area contributed by atoms with Gasteiger partial charge in [-0.2, -0.15) is 0 Å². The highest BCUT2D eigenvalue weighted by Gasteiger charge is 2.30. The first kappa shape index (κ1) is 10.3. The molecule has 1 aliphatic rings. The van der Waals surface area contributed by atoms with Crippen molar-refractivity contribution >= 4 is 6.09 Å². The van der Waals surface area contributed by atoms with Crippen LogP contribution in [0.1, 0.15) is 20.3 Å². The van der Waals surface area contributed by atoms with E-state index in [4.69, 9.17) is 9.84 Å². The van der Waals surface area contributed by atoms with Crippen LogP contribution in [0.15, 0.2) is 0 Å². The van der Waals surface area contributed by atoms with Crippen LogP contribution in [0.25, 0.3) is 0 Å². The predicted molar refractivity (Wildman–Crippen MR) is 48.4 cm³/mol. The van der Waals surface area contributed by atoms with E-state index < -0.39 is 0 Å². The van der Waals surface area contributed by atoms with Gasteiger partial charge in [-0.05, 0) is 19.3 Å². The van der Waals surface area contributed by atoms with Crippen molar-refractivity contribution in [1.82, 2.24) is 4.90 Å². The van der Waals surface area contributed by atoms with E-state index in [2.05, 4.69) is 6.92 Å². The summed E-state index contributed by atoms with van der Waals surface area (Å²) in [7, 11) is 0. The molecule has 1 N–H and O–H groups in total. The number of likely N-dealkylation sites (tertiary alicyclic amines) is 1. The van der Waals surface area contributed by atoms with Crippen molar-refractivity contribution in [3.05, 3.63) is 0 Å². The first-order valence-electron chi connectivity index (χ1n) is 4.69. The minimum atomic E-state index is -0.300. The van der Waals surface area contributed by atoms with Crippen molar-refractivity contribution < 1.29 is 14.6 Å². The number of rotatable bonds is 2. The van der Waals surface area contributed by atoms with Crippen LogP contribution in [0.3, 0.4) is 0 Å². The lowest BCUT2D eigenvalue weighted by Gasteiger charge is -2.20. The number of hydrogen-bond donors (Lipinski definition) is 1. The Morgan fingerprint density at radius 1 is 1.62 bits per heavy atom. The molecule has 4 nitrogen and oxygen atoms in total. The van der Waals surface area contributed by atoms with Gasteiger partial charge < -0.3 is 14.7 Å². The highest BCUT2D eigenvalue weighted by atomic mass is 16.6. The van der Waals surface area contributed by atoms with Gasteiger partial charge in [-0.15, -0.1) is 0 Å². The van der Waals surface area contributed by atoms with Crippen molar-refractivity contribution in [2.24, 2.45) is 5.92 Å². The Balaban J connectivity index is 2.38. The molecule has 0 saturated carbocycles. The van der Waals surface area contributed by atoms with E-state index in [0.717, 1.165) is 13.0 Å². The molecule has 1 heterocycles. The number of aliphatic hydroxyl groups is 1. The minimum Gasteiger partial charge on any atom is -0.447 e. The molecule has 0 radical (unpaired) electrons. The summed E-state index contributed by atoms with van der Waals surface area (Å²) in [5.74, 6) is 0.552. The third kappa shape index (κ3) is 2.59. The average molecular weight is 187 g/mol. The number of ether oxygens (including phenoxy) is 1. The van der Waals surface area contributed by atoms with E-state index in [1.807, 2.05) is 6.92 Å². The van der Waals surface area contributed by atoms with E-state index in [1.54, 1.807) is 4.90 Å². The lowest BCUT2D eigenvalue weighted by atomic mass is 10.1. The van der Waals surface area contributed by atoms with E-state index >= 15 is 0 Å². The third-order valence-electron chi connectivity index (χ3n) is 2.34. The van der Waals surface area contributed by atoms with Gasteiger partial charge in [0.1, 0.15) is 6.61 Å². The van der Waals surface area contributed by atoms with Gasteiger partial charge >= 0.3 is 6.09 Å². The first-order chi connectivity index (χ1) is 6.15. The van der Waals surface area contributed by atoms with Crippen molar-refractivity contribution in [3.8, 4) is 0 Å². The summed E-state index contributed by atoms with van der Waals surface area (Å²) in [6.45, 7) is 4.89. The largest absolute Gasteiger partial charge is 0.447 e. The van der Waals surface area contributed by atoms with Gasteiger partial charge in [-0.25, -0.2) is 4.79 Å². The summed E-state index contributed by atoms with van der Waals surface area (Å²) < 4.78 is 4.83. The topological polar surface area (TPSA) is 49.8 Å². The summed E-state index contributed by atoms with van der Waals surface area (Å²) in [6.07, 6.45) is 0.736. The fourth-order valence-corrected chi connectivity index (χ4v) is 1.77. The molecule has 1 aliphatic heterocycles. The monoisotopic (exact) mass is 187 g/mol. The van der Waals surface area contributed by atoms with Crippen LogP contribution in [0, 0.1) is 5.92 Å². The summed E-state index contributed by atoms with van der Waals surface area (Å²) >= 11 is 0. The van der Waals surface area contributed by atoms with Crippen molar-refractivity contribution in [2.45, 2.75) is 26.3 Å². The minimum absolute atomic E-state index is 0.0937. The van der Waals surface area contributed by atoms with Gasteiger partial charge in [-0.3, -0.25) is 0 Å². The normalized spacial score (nSPS) is 27.8. The van der Waals surface area contributed by atoms with E-state index in [-0.39, 0.29) is 25.3 Å². The summed E-state index contributed by atoms with van der Waals surface area (Å²) in [4.78, 5) is 13.1. The molecule has 76 valence electrons. The Kier molecular flexibility index (Phi) is 3.54. The van der Waals surface area contributed by atoms with E-state index in [9.17, 15) is 4.79 Å². The van der Waals surface area contributed by atoms with Gasteiger partial charge in [0.15, 0.2) is 0 Å². The second-order valence-corrected chi connectivity index (χ2v) is 3.68. The van der Waals surface area contributed by atoms with Crippen LogP contribution in [0.4, 0.5) is 4.79 Å². The number of amides is 1. The van der Waals surface area contributed by atoms with Crippen molar-refractivity contribution in [1.29, 1.82) is 0 Å². The molecule has 0 spiro atoms. The zero-order valence-electron chi connectivity index (χ0n) is 8.19. The Bertz CT molecular complexity index is 184. The summed E-state index contributed by atoms with van der Waals surface area (Å²) in [5.41, 5.74) is 0. The standard InChI is InChI=1S/C9H17NO3/c1-7-5-8(2)10(6-7)9(12)13-4-3-11/h7-8,11H,3-6H2,1-2H3. The second kappa shape index (κ2) is 4.46. The quantitative estimate of drug-likeness (QED) is 0.697. The molecular formula is C9H17NO3. The lowest BCUT2D eigenvalue weighted by molar-refractivity contribution is 0.0821. The van der Waals surface area contributed by atoms with E-state index in [1.165, 1.54) is 0 Å². The molecule has 0 aromatic carbocycles. The van der Waals surface area contributed by atoms with Gasteiger partial charge in [0.2, 0.25) is 0 Å². The zero-order chi connectivity index (χ0) is 9.84. The van der Waals surface area contributed by atoms with Crippen LogP contribution in [-0.2, 0) is 4.74 Å². The molecule has 4 heteroatoms. The fourth-order valence-electron chi connectivity index (χ4n) is 1.77. The number of aliphatic hydroxyl groups excluding tert-OH is 1. The molecule has 0 aromatic rings. The van der Waals surface area contributed by atoms with Crippen LogP contribution in [0.5, 0.6) is 0 Å². The second-order valence-electron chi connectivity index (χ2n) is 3.68. The maximum Gasteiger partial charge on any atom is 0.410 e. The summed E-state index contributed by atoms with van der Waals surface area (Å²) in [6, 6.07) is 0.265. The average Bonchev–Trinajstić information content (AvgIpc) is 2.41. The molecule has 2 unspecified atom stereocenters. The molecule has 1 rings (SSSR count). The van der Waals surface area contributed by atoms with Gasteiger partial charge in [0.25, 0.3) is 0 Å². The molecule has 13 heavy (non-hydrogen) atoms. The first-order valence-corrected chi connectivity index (χ1v) is 4.69. The van der Waals surface area contributed by atoms with Crippen LogP contribution < -0.4 is 0 Å². The number of nitrogens with zero attached hydrogens (tertiary/aromatic N) is 1. The SMILES string of the molecule is CC1CC(C)N(C(=O)OCCO)C1. The lowest BCUT2D eigenvalue weighted by Crippen LogP contribution is -2.34. The molecule has 2 atom stereocenters. The maximum atomic E-state index is 11.4. The van der Waals surface area contributed by atoms with Crippen LogP contribution >= 0.6 is 0 Å². The Morgan fingerprint density at radius 3 is 2.77 bits per heavy atom. The molecule has 0 bridgehead atoms. The maximum absolute atomic E-state index is 11.4. The number of hydrogen-bond acceptors (Lipinski definition) is 3. The van der Waals surface area contributed by atoms with Crippen LogP contribution in [0.2, 0.25) is 0 Å². The highest BCUT2D eigenvalue weighted by molar-refractivity contribution is 5.68. The van der Waals surface area contributed by atoms with Gasteiger partial charge in [0.05, 0.1) is 6.61 Å².